The van der Waals surface area contributed by atoms with Crippen LogP contribution in [0.1, 0.15) is 0 Å². The Hall–Kier alpha value is -0.920. The van der Waals surface area contributed by atoms with E-state index in [1.165, 1.54) is 0 Å². The van der Waals surface area contributed by atoms with Gasteiger partial charge in [-0.05, 0) is 5.22 Å². The van der Waals surface area contributed by atoms with Crippen molar-refractivity contribution in [1.82, 2.24) is 0 Å². The van der Waals surface area contributed by atoms with Crippen LogP contribution in [0, 0.1) is 0 Å². The van der Waals surface area contributed by atoms with Crippen LogP contribution in [-0.4, -0.2) is 39.6 Å². The van der Waals surface area contributed by atoms with Gasteiger partial charge in [0, 0.05) is 11.8 Å². The van der Waals surface area contributed by atoms with Crippen molar-refractivity contribution in [1.29, 1.82) is 0 Å². The van der Waals surface area contributed by atoms with Gasteiger partial charge in [0.25, 0.3) is 0 Å². The van der Waals surface area contributed by atoms with Crippen LogP contribution < -0.4 is 11.6 Å². The van der Waals surface area contributed by atoms with Crippen LogP contribution in [0.25, 0.3) is 0 Å². The molecule has 0 radical (unpaired) electrons. The van der Waals surface area contributed by atoms with Gasteiger partial charge in [0.1, 0.15) is 6.61 Å². The van der Waals surface area contributed by atoms with Crippen LogP contribution in [0.2, 0.25) is 0 Å². The predicted molar refractivity (Wildman–Crippen MR) is 45.7 cm³/mol. The Bertz CT molecular complexity index is 122. The highest BCUT2D eigenvalue weighted by atomic mass is 16.7. The zero-order valence-corrected chi connectivity index (χ0v) is 7.52. The van der Waals surface area contributed by atoms with Gasteiger partial charge in [0.15, 0.2) is 0 Å². The fraction of sp³-hybridized carbons (Fsp3) is 1.00. The third kappa shape index (κ3) is 11.1. The number of rotatable bonds is 9. The molecule has 0 aliphatic rings. The molecule has 0 saturated carbocycles. The monoisotopic (exact) mass is 192 g/mol. The molecule has 7 heteroatoms. The van der Waals surface area contributed by atoms with Crippen LogP contribution in [0.15, 0.2) is 10.5 Å². The molecule has 0 amide bonds. The summed E-state index contributed by atoms with van der Waals surface area (Å²) < 4.78 is 10.2. The second kappa shape index (κ2) is 11.1. The van der Waals surface area contributed by atoms with E-state index in [2.05, 4.69) is 21.2 Å². The van der Waals surface area contributed by atoms with Gasteiger partial charge in [-0.1, -0.05) is 0 Å². The molecule has 13 heavy (non-hydrogen) atoms. The van der Waals surface area contributed by atoms with Crippen molar-refractivity contribution < 1.29 is 14.3 Å². The first kappa shape index (κ1) is 12.1. The Morgan fingerprint density at radius 2 is 1.54 bits per heavy atom. The summed E-state index contributed by atoms with van der Waals surface area (Å²) in [5, 5.41) is 6.00. The van der Waals surface area contributed by atoms with E-state index in [0.29, 0.717) is 39.6 Å². The molecule has 4 N–H and O–H groups in total. The molecule has 0 fully saturated rings. The molecule has 0 aliphatic carbocycles. The Morgan fingerprint density at radius 3 is 2.15 bits per heavy atom. The average Bonchev–Trinajstić information content (AvgIpc) is 2.16. The molecule has 0 aliphatic heterocycles. The summed E-state index contributed by atoms with van der Waals surface area (Å²) in [6, 6.07) is 0. The highest BCUT2D eigenvalue weighted by molar-refractivity contribution is 4.33. The van der Waals surface area contributed by atoms with Gasteiger partial charge in [-0.15, -0.1) is 0 Å². The van der Waals surface area contributed by atoms with Gasteiger partial charge < -0.3 is 25.9 Å². The van der Waals surface area contributed by atoms with E-state index in [9.17, 15) is 0 Å². The Balaban J connectivity index is 2.83. The molecule has 0 saturated heterocycles. The zero-order valence-electron chi connectivity index (χ0n) is 7.52. The van der Waals surface area contributed by atoms with Gasteiger partial charge in [0.05, 0.1) is 26.4 Å². The highest BCUT2D eigenvalue weighted by Gasteiger charge is 1.89. The SMILES string of the molecule is NCCOCCOCCON=NN. The molecule has 0 aromatic rings. The fourth-order valence-electron chi connectivity index (χ4n) is 0.576. The molecule has 0 aromatic heterocycles. The molecule has 0 aromatic carbocycles. The number of nitrogens with zero attached hydrogens (tertiary/aromatic N) is 2. The smallest absolute Gasteiger partial charge is 0.142 e. The summed E-state index contributed by atoms with van der Waals surface area (Å²) in [6.07, 6.45) is 0. The van der Waals surface area contributed by atoms with Gasteiger partial charge in [-0.3, -0.25) is 0 Å². The van der Waals surface area contributed by atoms with Gasteiger partial charge in [0.2, 0.25) is 0 Å². The van der Waals surface area contributed by atoms with Gasteiger partial charge in [-0.2, -0.15) is 0 Å². The first-order valence-electron chi connectivity index (χ1n) is 3.99. The lowest BCUT2D eigenvalue weighted by Crippen LogP contribution is -2.13. The first-order valence-corrected chi connectivity index (χ1v) is 3.99. The Labute approximate surface area is 77.0 Å². The molecule has 0 rings (SSSR count). The lowest BCUT2D eigenvalue weighted by molar-refractivity contribution is 0.0124. The maximum atomic E-state index is 5.20. The molecule has 0 atom stereocenters. The van der Waals surface area contributed by atoms with Crippen LogP contribution in [0.4, 0.5) is 0 Å². The predicted octanol–water partition coefficient (Wildman–Crippen LogP) is -0.764. The first-order chi connectivity index (χ1) is 6.41. The van der Waals surface area contributed by atoms with E-state index < -0.39 is 0 Å². The summed E-state index contributed by atoms with van der Waals surface area (Å²) in [7, 11) is 0. The second-order valence-corrected chi connectivity index (χ2v) is 2.04. The standard InChI is InChI=1S/C6H16N4O3/c7-1-2-11-3-4-12-5-6-13-10-9-8/h1-7H2,(H2,8,10). The van der Waals surface area contributed by atoms with E-state index in [1.54, 1.807) is 0 Å². The van der Waals surface area contributed by atoms with Crippen LogP contribution in [-0.2, 0) is 14.3 Å². The fourth-order valence-corrected chi connectivity index (χ4v) is 0.576. The van der Waals surface area contributed by atoms with Crippen molar-refractivity contribution in [3.05, 3.63) is 0 Å². The van der Waals surface area contributed by atoms with Gasteiger partial charge >= 0.3 is 0 Å². The topological polar surface area (TPSA) is 104 Å². The quantitative estimate of drug-likeness (QED) is 0.216. The maximum absolute atomic E-state index is 5.20. The second-order valence-electron chi connectivity index (χ2n) is 2.04. The number of nitrogens with two attached hydrogens (primary N) is 2. The molecule has 0 unspecified atom stereocenters. The summed E-state index contributed by atoms with van der Waals surface area (Å²) in [5.74, 6) is 4.68. The third-order valence-electron chi connectivity index (χ3n) is 1.06. The molecule has 0 bridgehead atoms. The lowest BCUT2D eigenvalue weighted by atomic mass is 10.7. The third-order valence-corrected chi connectivity index (χ3v) is 1.06. The minimum atomic E-state index is 0.331. The molecule has 78 valence electrons. The summed E-state index contributed by atoms with van der Waals surface area (Å²) >= 11 is 0. The lowest BCUT2D eigenvalue weighted by Gasteiger charge is -2.03. The molecular formula is C6H16N4O3. The average molecular weight is 192 g/mol. The van der Waals surface area contributed by atoms with Crippen molar-refractivity contribution in [3.8, 4) is 0 Å². The van der Waals surface area contributed by atoms with Crippen molar-refractivity contribution in [2.24, 2.45) is 22.1 Å². The summed E-state index contributed by atoms with van der Waals surface area (Å²) in [5.41, 5.74) is 5.20. The molecule has 0 spiro atoms. The van der Waals surface area contributed by atoms with E-state index in [0.717, 1.165) is 0 Å². The highest BCUT2D eigenvalue weighted by Crippen LogP contribution is 1.80. The normalized spacial score (nSPS) is 10.8. The van der Waals surface area contributed by atoms with Crippen molar-refractivity contribution in [3.63, 3.8) is 0 Å². The largest absolute Gasteiger partial charge is 0.378 e. The van der Waals surface area contributed by atoms with Crippen molar-refractivity contribution in [2.75, 3.05) is 39.6 Å². The Morgan fingerprint density at radius 1 is 0.923 bits per heavy atom. The van der Waals surface area contributed by atoms with Crippen LogP contribution in [0.5, 0.6) is 0 Å². The van der Waals surface area contributed by atoms with E-state index in [1.807, 2.05) is 0 Å². The minimum Gasteiger partial charge on any atom is -0.378 e. The van der Waals surface area contributed by atoms with Crippen molar-refractivity contribution in [2.45, 2.75) is 0 Å². The molecule has 7 nitrogen and oxygen atoms in total. The van der Waals surface area contributed by atoms with Gasteiger partial charge in [-0.25, -0.2) is 0 Å². The number of hydrogen-bond acceptors (Lipinski definition) is 6. The number of hydrogen-bond donors (Lipinski definition) is 2. The number of ether oxygens (including phenoxy) is 2. The van der Waals surface area contributed by atoms with Crippen LogP contribution in [0.3, 0.4) is 0 Å². The zero-order chi connectivity index (χ0) is 9.78. The maximum Gasteiger partial charge on any atom is 0.142 e. The summed E-state index contributed by atoms with van der Waals surface area (Å²) in [6.45, 7) is 2.91. The molecule has 0 heterocycles. The van der Waals surface area contributed by atoms with Crippen molar-refractivity contribution >= 4 is 0 Å². The summed E-state index contributed by atoms with van der Waals surface area (Å²) in [4.78, 5) is 4.56. The van der Waals surface area contributed by atoms with Crippen LogP contribution >= 0.6 is 0 Å². The van der Waals surface area contributed by atoms with E-state index in [4.69, 9.17) is 15.2 Å². The van der Waals surface area contributed by atoms with E-state index >= 15 is 0 Å². The Kier molecular flexibility index (Phi) is 10.3. The molecular weight excluding hydrogens is 176 g/mol. The van der Waals surface area contributed by atoms with E-state index in [-0.39, 0.29) is 0 Å². The minimum absolute atomic E-state index is 0.331.